The quantitative estimate of drug-likeness (QED) is 0.629. The van der Waals surface area contributed by atoms with E-state index in [0.717, 1.165) is 0 Å². The normalized spacial score (nSPS) is 10.6. The lowest BCUT2D eigenvalue weighted by Gasteiger charge is -2.13. The molecule has 146 valence electrons. The summed E-state index contributed by atoms with van der Waals surface area (Å²) < 4.78 is 16.9. The maximum atomic E-state index is 12.4. The van der Waals surface area contributed by atoms with E-state index in [2.05, 4.69) is 15.4 Å². The Balaban J connectivity index is 1.70. The van der Waals surface area contributed by atoms with Crippen molar-refractivity contribution >= 4 is 34.8 Å². The Morgan fingerprint density at radius 2 is 1.96 bits per heavy atom. The largest absolute Gasteiger partial charge is 0.495 e. The molecule has 10 heteroatoms. The number of anilines is 1. The van der Waals surface area contributed by atoms with Crippen molar-refractivity contribution in [1.82, 2.24) is 14.6 Å². The molecule has 0 atom stereocenters. The van der Waals surface area contributed by atoms with Crippen molar-refractivity contribution in [2.24, 2.45) is 0 Å². The lowest BCUT2D eigenvalue weighted by Crippen LogP contribution is -2.21. The van der Waals surface area contributed by atoms with Gasteiger partial charge in [-0.15, -0.1) is 0 Å². The average Bonchev–Trinajstić information content (AvgIpc) is 3.02. The van der Waals surface area contributed by atoms with Gasteiger partial charge in [0, 0.05) is 18.5 Å². The van der Waals surface area contributed by atoms with Crippen LogP contribution in [0.4, 0.5) is 5.69 Å². The molecular weight excluding hydrogens is 388 g/mol. The Hall–Kier alpha value is -3.33. The third-order valence-electron chi connectivity index (χ3n) is 3.86. The number of aromatic nitrogens is 3. The number of amides is 1. The second kappa shape index (κ2) is 8.13. The van der Waals surface area contributed by atoms with Crippen LogP contribution in [0.3, 0.4) is 0 Å². The van der Waals surface area contributed by atoms with E-state index in [-0.39, 0.29) is 5.56 Å². The predicted molar refractivity (Wildman–Crippen MR) is 101 cm³/mol. The van der Waals surface area contributed by atoms with Crippen LogP contribution >= 0.6 is 11.6 Å². The molecular formula is C18H17ClN4O5. The van der Waals surface area contributed by atoms with Gasteiger partial charge in [-0.05, 0) is 19.1 Å². The summed E-state index contributed by atoms with van der Waals surface area (Å²) in [6.45, 7) is 1.16. The van der Waals surface area contributed by atoms with Crippen LogP contribution in [0.5, 0.6) is 11.5 Å². The number of benzene rings is 1. The number of esters is 1. The van der Waals surface area contributed by atoms with Gasteiger partial charge in [-0.1, -0.05) is 11.6 Å². The molecule has 0 saturated carbocycles. The van der Waals surface area contributed by atoms with Crippen LogP contribution in [-0.2, 0) is 9.53 Å². The standard InChI is InChI=1S/C18H17ClN4O5/c1-10-16(17-20-5-4-6-23(17)22-10)18(25)28-9-15(24)21-12-7-11(19)13(26-2)8-14(12)27-3/h4-8H,9H2,1-3H3,(H,21,24). The highest BCUT2D eigenvalue weighted by Crippen LogP contribution is 2.35. The van der Waals surface area contributed by atoms with E-state index in [1.807, 2.05) is 0 Å². The maximum Gasteiger partial charge on any atom is 0.344 e. The minimum absolute atomic E-state index is 0.207. The fourth-order valence-corrected chi connectivity index (χ4v) is 2.82. The summed E-state index contributed by atoms with van der Waals surface area (Å²) in [5, 5.41) is 7.07. The SMILES string of the molecule is COc1cc(OC)c(NC(=O)COC(=O)c2c(C)nn3cccnc23)cc1Cl. The van der Waals surface area contributed by atoms with Crippen molar-refractivity contribution in [3.8, 4) is 11.5 Å². The van der Waals surface area contributed by atoms with Gasteiger partial charge in [0.2, 0.25) is 0 Å². The van der Waals surface area contributed by atoms with Crippen LogP contribution in [-0.4, -0.2) is 47.3 Å². The Morgan fingerprint density at radius 3 is 2.68 bits per heavy atom. The molecule has 0 aliphatic rings. The third kappa shape index (κ3) is 3.84. The van der Waals surface area contributed by atoms with Crippen molar-refractivity contribution in [1.29, 1.82) is 0 Å². The molecule has 3 aromatic rings. The number of halogens is 1. The number of rotatable bonds is 6. The van der Waals surface area contributed by atoms with Crippen LogP contribution in [0, 0.1) is 6.92 Å². The van der Waals surface area contributed by atoms with Gasteiger partial charge in [-0.25, -0.2) is 14.3 Å². The fourth-order valence-electron chi connectivity index (χ4n) is 2.58. The van der Waals surface area contributed by atoms with Gasteiger partial charge in [0.15, 0.2) is 12.3 Å². The Labute approximate surface area is 165 Å². The number of nitrogens with one attached hydrogen (secondary N) is 1. The predicted octanol–water partition coefficient (Wildman–Crippen LogP) is 2.50. The molecule has 0 unspecified atom stereocenters. The van der Waals surface area contributed by atoms with Gasteiger partial charge in [0.05, 0.1) is 30.6 Å². The number of hydrogen-bond donors (Lipinski definition) is 1. The molecule has 1 aromatic carbocycles. The van der Waals surface area contributed by atoms with E-state index >= 15 is 0 Å². The van der Waals surface area contributed by atoms with Gasteiger partial charge in [-0.3, -0.25) is 4.79 Å². The van der Waals surface area contributed by atoms with Crippen molar-refractivity contribution < 1.29 is 23.8 Å². The zero-order valence-electron chi connectivity index (χ0n) is 15.4. The van der Waals surface area contributed by atoms with E-state index in [4.69, 9.17) is 25.8 Å². The van der Waals surface area contributed by atoms with Crippen LogP contribution in [0.1, 0.15) is 16.1 Å². The summed E-state index contributed by atoms with van der Waals surface area (Å²) in [4.78, 5) is 28.7. The summed E-state index contributed by atoms with van der Waals surface area (Å²) in [6, 6.07) is 4.71. The zero-order chi connectivity index (χ0) is 20.3. The third-order valence-corrected chi connectivity index (χ3v) is 4.15. The van der Waals surface area contributed by atoms with E-state index in [1.165, 1.54) is 30.9 Å². The van der Waals surface area contributed by atoms with Gasteiger partial charge in [0.25, 0.3) is 5.91 Å². The van der Waals surface area contributed by atoms with Crippen molar-refractivity contribution in [3.63, 3.8) is 0 Å². The molecule has 1 amide bonds. The summed E-state index contributed by atoms with van der Waals surface area (Å²) >= 11 is 6.08. The molecule has 0 saturated heterocycles. The molecule has 2 aromatic heterocycles. The smallest absolute Gasteiger partial charge is 0.344 e. The first-order chi connectivity index (χ1) is 13.4. The molecule has 0 bridgehead atoms. The van der Waals surface area contributed by atoms with Crippen molar-refractivity contribution in [3.05, 3.63) is 46.9 Å². The highest BCUT2D eigenvalue weighted by Gasteiger charge is 2.21. The topological polar surface area (TPSA) is 104 Å². The Morgan fingerprint density at radius 1 is 1.21 bits per heavy atom. The molecule has 0 aliphatic heterocycles. The van der Waals surface area contributed by atoms with Crippen LogP contribution < -0.4 is 14.8 Å². The second-order valence-electron chi connectivity index (χ2n) is 5.66. The number of ether oxygens (including phenoxy) is 3. The van der Waals surface area contributed by atoms with E-state index in [0.29, 0.717) is 33.6 Å². The monoisotopic (exact) mass is 404 g/mol. The lowest BCUT2D eigenvalue weighted by molar-refractivity contribution is -0.119. The molecule has 0 radical (unpaired) electrons. The summed E-state index contributed by atoms with van der Waals surface area (Å²) in [5.41, 5.74) is 1.34. The molecule has 2 heterocycles. The molecule has 9 nitrogen and oxygen atoms in total. The summed E-state index contributed by atoms with van der Waals surface area (Å²) in [6.07, 6.45) is 3.21. The molecule has 0 spiro atoms. The van der Waals surface area contributed by atoms with E-state index in [1.54, 1.807) is 25.4 Å². The number of aryl methyl sites for hydroxylation is 1. The first kappa shape index (κ1) is 19.4. The van der Waals surface area contributed by atoms with E-state index < -0.39 is 18.5 Å². The molecule has 3 rings (SSSR count). The van der Waals surface area contributed by atoms with Gasteiger partial charge >= 0.3 is 5.97 Å². The molecule has 1 N–H and O–H groups in total. The van der Waals surface area contributed by atoms with Gasteiger partial charge < -0.3 is 19.5 Å². The minimum Gasteiger partial charge on any atom is -0.495 e. The zero-order valence-corrected chi connectivity index (χ0v) is 16.1. The Bertz CT molecular complexity index is 1050. The summed E-state index contributed by atoms with van der Waals surface area (Å²) in [5.74, 6) is -0.501. The minimum atomic E-state index is -0.693. The number of nitrogens with zero attached hydrogens (tertiary/aromatic N) is 3. The lowest BCUT2D eigenvalue weighted by atomic mass is 10.2. The highest BCUT2D eigenvalue weighted by molar-refractivity contribution is 6.32. The van der Waals surface area contributed by atoms with Crippen molar-refractivity contribution in [2.75, 3.05) is 26.1 Å². The van der Waals surface area contributed by atoms with Crippen LogP contribution in [0.2, 0.25) is 5.02 Å². The maximum absolute atomic E-state index is 12.4. The first-order valence-corrected chi connectivity index (χ1v) is 8.50. The van der Waals surface area contributed by atoms with Crippen molar-refractivity contribution in [2.45, 2.75) is 6.92 Å². The number of fused-ring (bicyclic) bond motifs is 1. The van der Waals surface area contributed by atoms with Crippen LogP contribution in [0.25, 0.3) is 5.65 Å². The van der Waals surface area contributed by atoms with E-state index in [9.17, 15) is 9.59 Å². The number of hydrogen-bond acceptors (Lipinski definition) is 7. The molecule has 0 aliphatic carbocycles. The summed E-state index contributed by atoms with van der Waals surface area (Å²) in [7, 11) is 2.91. The number of carbonyl (C=O) groups is 2. The molecule has 28 heavy (non-hydrogen) atoms. The Kier molecular flexibility index (Phi) is 5.65. The van der Waals surface area contributed by atoms with Crippen LogP contribution in [0.15, 0.2) is 30.6 Å². The van der Waals surface area contributed by atoms with Gasteiger partial charge in [0.1, 0.15) is 17.1 Å². The number of methoxy groups -OCH3 is 2. The molecule has 0 fully saturated rings. The second-order valence-corrected chi connectivity index (χ2v) is 6.07. The highest BCUT2D eigenvalue weighted by atomic mass is 35.5. The average molecular weight is 405 g/mol. The first-order valence-electron chi connectivity index (χ1n) is 8.13. The fraction of sp³-hybridized carbons (Fsp3) is 0.222. The van der Waals surface area contributed by atoms with Gasteiger partial charge in [-0.2, -0.15) is 5.10 Å². The number of carbonyl (C=O) groups excluding carboxylic acids is 2.